The van der Waals surface area contributed by atoms with Gasteiger partial charge in [0.2, 0.25) is 5.91 Å². The summed E-state index contributed by atoms with van der Waals surface area (Å²) in [7, 11) is 3.83. The number of hydrogen-bond acceptors (Lipinski definition) is 3. The van der Waals surface area contributed by atoms with Gasteiger partial charge in [-0.25, -0.2) is 8.78 Å². The Morgan fingerprint density at radius 3 is 2.44 bits per heavy atom. The number of hydrogen-bond donors (Lipinski definition) is 2. The summed E-state index contributed by atoms with van der Waals surface area (Å²) in [6.07, 6.45) is 0. The van der Waals surface area contributed by atoms with Gasteiger partial charge < -0.3 is 15.5 Å². The zero-order valence-electron chi connectivity index (χ0n) is 10.5. The number of nitrogens with zero attached hydrogens (tertiary/aromatic N) is 1. The maximum atomic E-state index is 13.2. The van der Waals surface area contributed by atoms with Crippen molar-refractivity contribution in [3.63, 3.8) is 0 Å². The number of likely N-dealkylation sites (N-methyl/N-ethyl adjacent to an activating group) is 1. The summed E-state index contributed by atoms with van der Waals surface area (Å²) in [6, 6.07) is 3.44. The van der Waals surface area contributed by atoms with Crippen molar-refractivity contribution in [1.29, 1.82) is 0 Å². The van der Waals surface area contributed by atoms with Crippen molar-refractivity contribution in [2.75, 3.05) is 39.0 Å². The number of halogens is 2. The third kappa shape index (κ3) is 4.77. The van der Waals surface area contributed by atoms with Gasteiger partial charge in [0.25, 0.3) is 0 Å². The van der Waals surface area contributed by atoms with Crippen LogP contribution in [0.1, 0.15) is 0 Å². The molecule has 1 rings (SSSR count). The Bertz CT molecular complexity index is 390. The fourth-order valence-electron chi connectivity index (χ4n) is 1.31. The lowest BCUT2D eigenvalue weighted by atomic mass is 10.3. The number of carbonyl (C=O) groups is 1. The molecule has 1 aromatic rings. The molecular formula is C12H17F2N3O. The summed E-state index contributed by atoms with van der Waals surface area (Å²) in [5, 5.41) is 5.08. The third-order valence-corrected chi connectivity index (χ3v) is 2.25. The summed E-state index contributed by atoms with van der Waals surface area (Å²) < 4.78 is 26.4. The Labute approximate surface area is 105 Å². The molecule has 1 amide bonds. The second-order valence-corrected chi connectivity index (χ2v) is 4.12. The van der Waals surface area contributed by atoms with Crippen molar-refractivity contribution in [3.8, 4) is 0 Å². The normalized spacial score (nSPS) is 10.7. The van der Waals surface area contributed by atoms with Gasteiger partial charge in [-0.3, -0.25) is 4.79 Å². The molecule has 0 saturated carbocycles. The Kier molecular flexibility index (Phi) is 5.67. The van der Waals surface area contributed by atoms with Gasteiger partial charge >= 0.3 is 0 Å². The van der Waals surface area contributed by atoms with Crippen molar-refractivity contribution in [1.82, 2.24) is 10.2 Å². The second-order valence-electron chi connectivity index (χ2n) is 4.12. The molecule has 0 unspecified atom stereocenters. The highest BCUT2D eigenvalue weighted by Gasteiger charge is 2.11. The van der Waals surface area contributed by atoms with E-state index in [0.717, 1.165) is 18.7 Å². The Hall–Kier alpha value is -1.53. The topological polar surface area (TPSA) is 44.4 Å². The lowest BCUT2D eigenvalue weighted by Gasteiger charge is -2.11. The number of para-hydroxylation sites is 1. The van der Waals surface area contributed by atoms with Gasteiger partial charge in [-0.1, -0.05) is 6.07 Å². The van der Waals surface area contributed by atoms with E-state index in [1.807, 2.05) is 19.0 Å². The lowest BCUT2D eigenvalue weighted by molar-refractivity contribution is -0.115. The fraction of sp³-hybridized carbons (Fsp3) is 0.417. The van der Waals surface area contributed by atoms with E-state index >= 15 is 0 Å². The van der Waals surface area contributed by atoms with E-state index in [2.05, 4.69) is 10.6 Å². The molecule has 4 nitrogen and oxygen atoms in total. The lowest BCUT2D eigenvalue weighted by Crippen LogP contribution is -2.33. The highest BCUT2D eigenvalue weighted by atomic mass is 19.1. The van der Waals surface area contributed by atoms with E-state index in [0.29, 0.717) is 6.54 Å². The van der Waals surface area contributed by atoms with Crippen LogP contribution in [0.2, 0.25) is 0 Å². The molecular weight excluding hydrogens is 240 g/mol. The molecule has 18 heavy (non-hydrogen) atoms. The molecule has 6 heteroatoms. The maximum absolute atomic E-state index is 13.2. The number of anilines is 1. The van der Waals surface area contributed by atoms with E-state index in [-0.39, 0.29) is 6.54 Å². The molecule has 0 aliphatic rings. The molecule has 0 saturated heterocycles. The van der Waals surface area contributed by atoms with Crippen LogP contribution in [-0.4, -0.2) is 44.5 Å². The number of benzene rings is 1. The smallest absolute Gasteiger partial charge is 0.238 e. The first-order valence-corrected chi connectivity index (χ1v) is 5.60. The van der Waals surface area contributed by atoms with Gasteiger partial charge in [0, 0.05) is 13.1 Å². The van der Waals surface area contributed by atoms with Crippen LogP contribution in [0.25, 0.3) is 0 Å². The van der Waals surface area contributed by atoms with Crippen LogP contribution in [0, 0.1) is 11.6 Å². The Morgan fingerprint density at radius 1 is 1.28 bits per heavy atom. The standard InChI is InChI=1S/C12H17F2N3O/c1-17(2)7-6-15-8-11(18)16-12-9(13)4-3-5-10(12)14/h3-5,15H,6-8H2,1-2H3,(H,16,18). The van der Waals surface area contributed by atoms with E-state index < -0.39 is 23.2 Å². The van der Waals surface area contributed by atoms with Crippen LogP contribution >= 0.6 is 0 Å². The predicted octanol–water partition coefficient (Wildman–Crippen LogP) is 1.05. The molecule has 0 fully saturated rings. The van der Waals surface area contributed by atoms with Crippen molar-refractivity contribution < 1.29 is 13.6 Å². The quantitative estimate of drug-likeness (QED) is 0.749. The molecule has 2 N–H and O–H groups in total. The van der Waals surface area contributed by atoms with Gasteiger partial charge in [0.1, 0.15) is 17.3 Å². The third-order valence-electron chi connectivity index (χ3n) is 2.25. The van der Waals surface area contributed by atoms with Crippen LogP contribution < -0.4 is 10.6 Å². The molecule has 100 valence electrons. The highest BCUT2D eigenvalue weighted by molar-refractivity contribution is 5.92. The van der Waals surface area contributed by atoms with E-state index in [9.17, 15) is 13.6 Å². The number of rotatable bonds is 6. The molecule has 0 heterocycles. The van der Waals surface area contributed by atoms with Crippen LogP contribution in [-0.2, 0) is 4.79 Å². The minimum Gasteiger partial charge on any atom is -0.320 e. The minimum absolute atomic E-state index is 0.0155. The van der Waals surface area contributed by atoms with E-state index in [1.165, 1.54) is 6.07 Å². The maximum Gasteiger partial charge on any atom is 0.238 e. The van der Waals surface area contributed by atoms with Gasteiger partial charge in [-0.2, -0.15) is 0 Å². The summed E-state index contributed by atoms with van der Waals surface area (Å²) in [5.41, 5.74) is -0.406. The number of carbonyl (C=O) groups excluding carboxylic acids is 1. The van der Waals surface area contributed by atoms with E-state index in [4.69, 9.17) is 0 Å². The van der Waals surface area contributed by atoms with Gasteiger partial charge in [0.05, 0.1) is 6.54 Å². The largest absolute Gasteiger partial charge is 0.320 e. The van der Waals surface area contributed by atoms with Crippen molar-refractivity contribution >= 4 is 11.6 Å². The minimum atomic E-state index is -0.781. The molecule has 0 aromatic heterocycles. The van der Waals surface area contributed by atoms with Crippen LogP contribution in [0.5, 0.6) is 0 Å². The summed E-state index contributed by atoms with van der Waals surface area (Å²) in [4.78, 5) is 13.4. The van der Waals surface area contributed by atoms with Crippen LogP contribution in [0.4, 0.5) is 14.5 Å². The molecule has 0 radical (unpaired) electrons. The van der Waals surface area contributed by atoms with Crippen LogP contribution in [0.15, 0.2) is 18.2 Å². The molecule has 1 aromatic carbocycles. The summed E-state index contributed by atoms with van der Waals surface area (Å²) in [6.45, 7) is 1.42. The Morgan fingerprint density at radius 2 is 1.89 bits per heavy atom. The average molecular weight is 257 g/mol. The summed E-state index contributed by atoms with van der Waals surface area (Å²) >= 11 is 0. The first kappa shape index (κ1) is 14.5. The average Bonchev–Trinajstić information content (AvgIpc) is 2.29. The SMILES string of the molecule is CN(C)CCNCC(=O)Nc1c(F)cccc1F. The zero-order chi connectivity index (χ0) is 13.5. The van der Waals surface area contributed by atoms with Crippen molar-refractivity contribution in [2.45, 2.75) is 0 Å². The highest BCUT2D eigenvalue weighted by Crippen LogP contribution is 2.17. The van der Waals surface area contributed by atoms with Crippen LogP contribution in [0.3, 0.4) is 0 Å². The second kappa shape index (κ2) is 7.03. The molecule has 0 atom stereocenters. The zero-order valence-corrected chi connectivity index (χ0v) is 10.5. The number of nitrogens with one attached hydrogen (secondary N) is 2. The molecule has 0 spiro atoms. The first-order valence-electron chi connectivity index (χ1n) is 5.60. The Balaban J connectivity index is 2.40. The molecule has 0 bridgehead atoms. The number of amides is 1. The van der Waals surface area contributed by atoms with Gasteiger partial charge in [-0.15, -0.1) is 0 Å². The predicted molar refractivity (Wildman–Crippen MR) is 66.4 cm³/mol. The fourth-order valence-corrected chi connectivity index (χ4v) is 1.31. The van der Waals surface area contributed by atoms with Crippen molar-refractivity contribution in [2.24, 2.45) is 0 Å². The molecule has 0 aliphatic carbocycles. The molecule has 0 aliphatic heterocycles. The summed E-state index contributed by atoms with van der Waals surface area (Å²) in [5.74, 6) is -2.04. The van der Waals surface area contributed by atoms with E-state index in [1.54, 1.807) is 0 Å². The van der Waals surface area contributed by atoms with Crippen molar-refractivity contribution in [3.05, 3.63) is 29.8 Å². The van der Waals surface area contributed by atoms with Gasteiger partial charge in [0.15, 0.2) is 0 Å². The van der Waals surface area contributed by atoms with Gasteiger partial charge in [-0.05, 0) is 26.2 Å². The monoisotopic (exact) mass is 257 g/mol. The first-order chi connectivity index (χ1) is 8.50.